The number of nitrogens with zero attached hydrogens (tertiary/aromatic N) is 4. The zero-order valence-electron chi connectivity index (χ0n) is 61.7. The molecule has 0 bridgehead atoms. The van der Waals surface area contributed by atoms with Crippen LogP contribution < -0.4 is 26.2 Å². The summed E-state index contributed by atoms with van der Waals surface area (Å²) in [6.45, 7) is 6.93. The van der Waals surface area contributed by atoms with E-state index in [9.17, 15) is 0 Å². The third kappa shape index (κ3) is 9.55. The van der Waals surface area contributed by atoms with Gasteiger partial charge in [0.25, 0.3) is 6.71 Å². The van der Waals surface area contributed by atoms with Crippen LogP contribution >= 0.6 is 0 Å². The van der Waals surface area contributed by atoms with Crippen molar-refractivity contribution in [2.24, 2.45) is 0 Å². The molecular formula is C106H71BN4. The number of rotatable bonds is 8. The molecule has 4 nitrogen and oxygen atoms in total. The van der Waals surface area contributed by atoms with Crippen LogP contribution in [0.5, 0.6) is 0 Å². The second-order valence-electron chi connectivity index (χ2n) is 31.4. The minimum Gasteiger partial charge on any atom is -0.311 e. The van der Waals surface area contributed by atoms with Crippen molar-refractivity contribution in [3.63, 3.8) is 0 Å². The fraction of sp³-hybridized carbons (Fsp3) is 0.0377. The summed E-state index contributed by atoms with van der Waals surface area (Å²) in [5.74, 6) is 0. The molecule has 19 aromatic carbocycles. The van der Waals surface area contributed by atoms with Gasteiger partial charge in [-0.3, -0.25) is 0 Å². The second-order valence-corrected chi connectivity index (χ2v) is 31.4. The van der Waals surface area contributed by atoms with Crippen molar-refractivity contribution < 1.29 is 0 Å². The summed E-state index contributed by atoms with van der Waals surface area (Å²) in [5.41, 5.74) is 27.7. The van der Waals surface area contributed by atoms with Gasteiger partial charge in [-0.1, -0.05) is 312 Å². The molecule has 0 radical (unpaired) electrons. The Kier molecular flexibility index (Phi) is 13.8. The number of benzene rings is 19. The van der Waals surface area contributed by atoms with Crippen molar-refractivity contribution in [1.29, 1.82) is 0 Å². The Morgan fingerprint density at radius 2 is 0.586 bits per heavy atom. The zero-order valence-corrected chi connectivity index (χ0v) is 61.7. The first-order chi connectivity index (χ1) is 54.7. The molecule has 2 aliphatic rings. The Balaban J connectivity index is 0.829. The average molecular weight is 1410 g/mol. The first-order valence-electron chi connectivity index (χ1n) is 38.8. The highest BCUT2D eigenvalue weighted by Crippen LogP contribution is 2.53. The van der Waals surface area contributed by atoms with Gasteiger partial charge in [-0.05, 0) is 200 Å². The number of hydrogen-bond donors (Lipinski definition) is 0. The van der Waals surface area contributed by atoms with Crippen molar-refractivity contribution >= 4 is 165 Å². The summed E-state index contributed by atoms with van der Waals surface area (Å²) in [7, 11) is 0. The van der Waals surface area contributed by atoms with E-state index in [1.165, 1.54) is 141 Å². The van der Waals surface area contributed by atoms with Crippen LogP contribution in [0.3, 0.4) is 0 Å². The SMILES string of the molecule is CC(C)(C)c1cc2c3c(c1)N(c1ccccc1-c1ccccc1)c1cc(-n4c5ccc(-c6ccc7ccccc7c6)cc5c5c6ccccc6c6ccccc6c54)ccc1B3c1ccc(-n3c4ccc(-c5ccc6ccccc6c5)cc4c4c5ccccc5c5ccccc5c43)cc1N2c1ccccc1-c1ccccc1. The first kappa shape index (κ1) is 63.1. The van der Waals surface area contributed by atoms with E-state index in [0.29, 0.717) is 0 Å². The molecule has 0 saturated carbocycles. The molecule has 23 rings (SSSR count). The average Bonchev–Trinajstić information content (AvgIpc) is 1.39. The molecule has 21 aromatic rings. The van der Waals surface area contributed by atoms with Crippen molar-refractivity contribution in [2.75, 3.05) is 9.80 Å². The number of anilines is 6. The molecule has 0 fully saturated rings. The number of para-hydroxylation sites is 2. The molecule has 0 saturated heterocycles. The number of hydrogen-bond acceptors (Lipinski definition) is 2. The van der Waals surface area contributed by atoms with Gasteiger partial charge >= 0.3 is 0 Å². The minimum atomic E-state index is -0.294. The van der Waals surface area contributed by atoms with Crippen LogP contribution in [0.2, 0.25) is 0 Å². The maximum Gasteiger partial charge on any atom is 0.252 e. The van der Waals surface area contributed by atoms with E-state index in [0.717, 1.165) is 78.8 Å². The first-order valence-corrected chi connectivity index (χ1v) is 38.8. The van der Waals surface area contributed by atoms with E-state index in [1.54, 1.807) is 0 Å². The molecule has 111 heavy (non-hydrogen) atoms. The maximum atomic E-state index is 2.66. The Labute approximate surface area is 643 Å². The van der Waals surface area contributed by atoms with Crippen LogP contribution in [0.1, 0.15) is 26.3 Å². The van der Waals surface area contributed by atoms with Gasteiger partial charge in [0, 0.05) is 77.6 Å². The van der Waals surface area contributed by atoms with Gasteiger partial charge in [-0.25, -0.2) is 0 Å². The molecule has 0 atom stereocenters. The van der Waals surface area contributed by atoms with Gasteiger partial charge < -0.3 is 18.9 Å². The largest absolute Gasteiger partial charge is 0.311 e. The van der Waals surface area contributed by atoms with Crippen LogP contribution in [0.25, 0.3) is 164 Å². The standard InChI is InChI=1S/C106H71BN4/c1-106(2,3)76-62-99-103-100(63-76)111(94-45-25-23-35-80(94)69-30-8-5-9-31-69)98-65-78(109-96-57-51-75(73-49-47-67-27-11-13-33-71(67)59-73)61-90(96)102-86-41-19-15-37-82(86)84-39-17-21-43-88(84)105(102)109)53-55-92(98)107(103)91-54-52-77(64-97(91)110(99)93-44-24-22-34-79(93)68-28-6-4-7-29-68)108-95-56-50-74(72-48-46-66-26-10-12-32-70(66)58-72)60-89(95)101-85-40-18-14-36-81(85)83-38-16-20-42-87(83)104(101)108/h4-65H,1-3H3. The van der Waals surface area contributed by atoms with E-state index in [2.05, 4.69) is 416 Å². The normalized spacial score (nSPS) is 12.8. The van der Waals surface area contributed by atoms with Crippen LogP contribution in [-0.2, 0) is 5.41 Å². The van der Waals surface area contributed by atoms with E-state index < -0.39 is 0 Å². The van der Waals surface area contributed by atoms with Crippen molar-refractivity contribution in [1.82, 2.24) is 9.13 Å². The summed E-state index contributed by atoms with van der Waals surface area (Å²) in [6, 6.07) is 142. The third-order valence-electron chi connectivity index (χ3n) is 24.3. The Morgan fingerprint density at radius 1 is 0.234 bits per heavy atom. The lowest BCUT2D eigenvalue weighted by molar-refractivity contribution is 0.590. The number of fused-ring (bicyclic) bond motifs is 22. The molecule has 5 heteroatoms. The van der Waals surface area contributed by atoms with Gasteiger partial charge in [0.05, 0.1) is 33.4 Å². The van der Waals surface area contributed by atoms with Gasteiger partial charge in [-0.2, -0.15) is 0 Å². The molecule has 0 aliphatic carbocycles. The lowest BCUT2D eigenvalue weighted by Crippen LogP contribution is -2.61. The number of aromatic nitrogens is 2. The van der Waals surface area contributed by atoms with Crippen molar-refractivity contribution in [3.05, 3.63) is 382 Å². The fourth-order valence-corrected chi connectivity index (χ4v) is 19.2. The predicted octanol–water partition coefficient (Wildman–Crippen LogP) is 26.8. The summed E-state index contributed by atoms with van der Waals surface area (Å²) < 4.78 is 5.20. The quantitative estimate of drug-likeness (QED) is 0.111. The fourth-order valence-electron chi connectivity index (χ4n) is 19.2. The molecule has 2 aliphatic heterocycles. The molecule has 518 valence electrons. The lowest BCUT2D eigenvalue weighted by Gasteiger charge is -2.46. The lowest BCUT2D eigenvalue weighted by atomic mass is 9.33. The highest BCUT2D eigenvalue weighted by atomic mass is 15.2. The van der Waals surface area contributed by atoms with Gasteiger partial charge in [0.1, 0.15) is 0 Å². The highest BCUT2D eigenvalue weighted by Gasteiger charge is 2.46. The Morgan fingerprint density at radius 3 is 1.02 bits per heavy atom. The summed E-state index contributed by atoms with van der Waals surface area (Å²) in [5, 5.41) is 19.7. The Hall–Kier alpha value is -14.0. The molecule has 0 N–H and O–H groups in total. The zero-order chi connectivity index (χ0) is 73.3. The third-order valence-corrected chi connectivity index (χ3v) is 24.3. The topological polar surface area (TPSA) is 16.3 Å². The molecule has 0 unspecified atom stereocenters. The van der Waals surface area contributed by atoms with Gasteiger partial charge in [0.15, 0.2) is 0 Å². The predicted molar refractivity (Wildman–Crippen MR) is 475 cm³/mol. The molecule has 0 spiro atoms. The van der Waals surface area contributed by atoms with Crippen LogP contribution in [-0.4, -0.2) is 15.8 Å². The summed E-state index contributed by atoms with van der Waals surface area (Å²) in [4.78, 5) is 5.32. The summed E-state index contributed by atoms with van der Waals surface area (Å²) in [6.07, 6.45) is 0. The summed E-state index contributed by atoms with van der Waals surface area (Å²) >= 11 is 0. The Bertz CT molecular complexity index is 7090. The molecular weight excluding hydrogens is 1340 g/mol. The van der Waals surface area contributed by atoms with Gasteiger partial charge in [0.2, 0.25) is 0 Å². The molecule has 0 amide bonds. The highest BCUT2D eigenvalue weighted by molar-refractivity contribution is 7.00. The van der Waals surface area contributed by atoms with E-state index in [-0.39, 0.29) is 12.1 Å². The van der Waals surface area contributed by atoms with Gasteiger partial charge in [-0.15, -0.1) is 0 Å². The van der Waals surface area contributed by atoms with Crippen molar-refractivity contribution in [2.45, 2.75) is 26.2 Å². The minimum absolute atomic E-state index is 0.225. The van der Waals surface area contributed by atoms with E-state index in [4.69, 9.17) is 0 Å². The smallest absolute Gasteiger partial charge is 0.252 e. The van der Waals surface area contributed by atoms with E-state index in [1.807, 2.05) is 0 Å². The molecule has 2 aromatic heterocycles. The van der Waals surface area contributed by atoms with Crippen molar-refractivity contribution in [3.8, 4) is 55.9 Å². The second kappa shape index (κ2) is 24.3. The monoisotopic (exact) mass is 1410 g/mol. The van der Waals surface area contributed by atoms with Crippen LogP contribution in [0.4, 0.5) is 34.1 Å². The van der Waals surface area contributed by atoms with Crippen LogP contribution in [0.15, 0.2) is 376 Å². The maximum absolute atomic E-state index is 2.66. The van der Waals surface area contributed by atoms with E-state index >= 15 is 0 Å². The molecule has 4 heterocycles. The van der Waals surface area contributed by atoms with Crippen LogP contribution in [0, 0.1) is 0 Å².